The molecule has 6 nitrogen and oxygen atoms in total. The zero-order valence-corrected chi connectivity index (χ0v) is 17.1. The fraction of sp³-hybridized carbons (Fsp3) is 0.667. The second-order valence-electron chi connectivity index (χ2n) is 7.67. The Hall–Kier alpha value is -0.960. The van der Waals surface area contributed by atoms with Gasteiger partial charge in [-0.25, -0.2) is 16.8 Å². The SMILES string of the molecule is CC1CCN(S(=O)(=O)c2ccc(S(=O)(=O)N3CCCC(C)C3)cc2)CC1. The average Bonchev–Trinajstić information content (AvgIpc) is 2.62. The van der Waals surface area contributed by atoms with Gasteiger partial charge in [0.05, 0.1) is 9.79 Å². The zero-order valence-electron chi connectivity index (χ0n) is 15.5. The first kappa shape index (κ1) is 19.8. The molecule has 2 heterocycles. The van der Waals surface area contributed by atoms with E-state index in [0.717, 1.165) is 25.7 Å². The molecule has 0 amide bonds. The second-order valence-corrected chi connectivity index (χ2v) is 11.5. The average molecular weight is 401 g/mol. The number of hydrogen-bond acceptors (Lipinski definition) is 4. The van der Waals surface area contributed by atoms with Crippen LogP contribution in [0, 0.1) is 11.8 Å². The highest BCUT2D eigenvalue weighted by Gasteiger charge is 2.31. The maximum Gasteiger partial charge on any atom is 0.243 e. The molecule has 1 unspecified atom stereocenters. The molecule has 3 rings (SSSR count). The van der Waals surface area contributed by atoms with Gasteiger partial charge in [-0.2, -0.15) is 8.61 Å². The number of piperidine rings is 2. The molecule has 2 aliphatic rings. The summed E-state index contributed by atoms with van der Waals surface area (Å²) in [5.74, 6) is 0.889. The number of hydrogen-bond donors (Lipinski definition) is 0. The molecule has 0 N–H and O–H groups in total. The molecule has 0 spiro atoms. The lowest BCUT2D eigenvalue weighted by molar-refractivity contribution is 0.281. The van der Waals surface area contributed by atoms with E-state index in [2.05, 4.69) is 13.8 Å². The van der Waals surface area contributed by atoms with Crippen LogP contribution in [0.25, 0.3) is 0 Å². The Morgan fingerprint density at radius 1 is 0.731 bits per heavy atom. The molecular formula is C18H28N2O4S2. The predicted octanol–water partition coefficient (Wildman–Crippen LogP) is 2.53. The number of rotatable bonds is 4. The van der Waals surface area contributed by atoms with Crippen LogP contribution in [-0.4, -0.2) is 51.6 Å². The van der Waals surface area contributed by atoms with Gasteiger partial charge in [-0.3, -0.25) is 0 Å². The Labute approximate surface area is 157 Å². The summed E-state index contributed by atoms with van der Waals surface area (Å²) in [5.41, 5.74) is 0. The van der Waals surface area contributed by atoms with E-state index in [1.54, 1.807) is 0 Å². The third kappa shape index (κ3) is 3.98. The standard InChI is InChI=1S/C18H28N2O4S2/c1-15-9-12-19(13-10-15)25(21,22)17-5-7-18(8-6-17)26(23,24)20-11-3-4-16(2)14-20/h5-8,15-16H,3-4,9-14H2,1-2H3. The molecule has 1 atom stereocenters. The molecule has 0 radical (unpaired) electrons. The molecule has 8 heteroatoms. The van der Waals surface area contributed by atoms with Gasteiger partial charge in [0.2, 0.25) is 20.0 Å². The van der Waals surface area contributed by atoms with Crippen molar-refractivity contribution in [2.75, 3.05) is 26.2 Å². The van der Waals surface area contributed by atoms with Crippen LogP contribution in [0.4, 0.5) is 0 Å². The van der Waals surface area contributed by atoms with E-state index >= 15 is 0 Å². The zero-order chi connectivity index (χ0) is 18.9. The molecule has 0 aromatic heterocycles. The highest BCUT2D eigenvalue weighted by Crippen LogP contribution is 2.27. The molecular weight excluding hydrogens is 372 g/mol. The van der Waals surface area contributed by atoms with Crippen molar-refractivity contribution in [2.24, 2.45) is 11.8 Å². The van der Waals surface area contributed by atoms with E-state index in [1.807, 2.05) is 0 Å². The maximum atomic E-state index is 12.8. The van der Waals surface area contributed by atoms with Gasteiger partial charge in [0.1, 0.15) is 0 Å². The highest BCUT2D eigenvalue weighted by atomic mass is 32.2. The van der Waals surface area contributed by atoms with Gasteiger partial charge in [0.15, 0.2) is 0 Å². The largest absolute Gasteiger partial charge is 0.243 e. The van der Waals surface area contributed by atoms with Crippen LogP contribution in [0.5, 0.6) is 0 Å². The molecule has 0 aliphatic carbocycles. The van der Waals surface area contributed by atoms with Crippen LogP contribution in [0.1, 0.15) is 39.5 Å². The molecule has 2 aliphatic heterocycles. The van der Waals surface area contributed by atoms with Crippen LogP contribution in [0.2, 0.25) is 0 Å². The number of benzene rings is 1. The minimum absolute atomic E-state index is 0.165. The Morgan fingerprint density at radius 3 is 1.73 bits per heavy atom. The molecule has 0 saturated carbocycles. The Balaban J connectivity index is 1.79. The van der Waals surface area contributed by atoms with Crippen molar-refractivity contribution in [1.82, 2.24) is 8.61 Å². The first-order chi connectivity index (χ1) is 12.2. The summed E-state index contributed by atoms with van der Waals surface area (Å²) in [5, 5.41) is 0. The Kier molecular flexibility index (Phi) is 5.77. The monoisotopic (exact) mass is 400 g/mol. The van der Waals surface area contributed by atoms with E-state index in [1.165, 1.54) is 32.9 Å². The quantitative estimate of drug-likeness (QED) is 0.778. The predicted molar refractivity (Wildman–Crippen MR) is 101 cm³/mol. The molecule has 0 bridgehead atoms. The molecule has 26 heavy (non-hydrogen) atoms. The lowest BCUT2D eigenvalue weighted by Crippen LogP contribution is -2.39. The van der Waals surface area contributed by atoms with Crippen LogP contribution < -0.4 is 0 Å². The van der Waals surface area contributed by atoms with Gasteiger partial charge >= 0.3 is 0 Å². The fourth-order valence-electron chi connectivity index (χ4n) is 3.67. The summed E-state index contributed by atoms with van der Waals surface area (Å²) in [7, 11) is -7.12. The van der Waals surface area contributed by atoms with Crippen molar-refractivity contribution in [3.05, 3.63) is 24.3 Å². The summed E-state index contributed by atoms with van der Waals surface area (Å²) in [6.45, 7) is 6.28. The molecule has 2 fully saturated rings. The lowest BCUT2D eigenvalue weighted by atomic mass is 10.0. The van der Waals surface area contributed by atoms with Crippen LogP contribution in [-0.2, 0) is 20.0 Å². The van der Waals surface area contributed by atoms with Crippen molar-refractivity contribution in [1.29, 1.82) is 0 Å². The van der Waals surface area contributed by atoms with Gasteiger partial charge in [-0.05, 0) is 61.8 Å². The number of sulfonamides is 2. The molecule has 1 aromatic carbocycles. The van der Waals surface area contributed by atoms with Crippen molar-refractivity contribution >= 4 is 20.0 Å². The van der Waals surface area contributed by atoms with Gasteiger partial charge in [-0.15, -0.1) is 0 Å². The maximum absolute atomic E-state index is 12.8. The highest BCUT2D eigenvalue weighted by molar-refractivity contribution is 7.89. The van der Waals surface area contributed by atoms with E-state index in [9.17, 15) is 16.8 Å². The van der Waals surface area contributed by atoms with Gasteiger partial charge in [0.25, 0.3) is 0 Å². The molecule has 1 aromatic rings. The summed E-state index contributed by atoms with van der Waals surface area (Å²) in [6.07, 6.45) is 3.62. The van der Waals surface area contributed by atoms with Crippen molar-refractivity contribution in [3.8, 4) is 0 Å². The second kappa shape index (κ2) is 7.58. The minimum Gasteiger partial charge on any atom is -0.207 e. The topological polar surface area (TPSA) is 74.8 Å². The van der Waals surface area contributed by atoms with E-state index in [4.69, 9.17) is 0 Å². The third-order valence-corrected chi connectivity index (χ3v) is 9.25. The molecule has 146 valence electrons. The summed E-state index contributed by atoms with van der Waals surface area (Å²) < 4.78 is 54.1. The van der Waals surface area contributed by atoms with Crippen LogP contribution in [0.15, 0.2) is 34.1 Å². The number of nitrogens with zero attached hydrogens (tertiary/aromatic N) is 2. The fourth-order valence-corrected chi connectivity index (χ4v) is 6.74. The summed E-state index contributed by atoms with van der Waals surface area (Å²) >= 11 is 0. The smallest absolute Gasteiger partial charge is 0.207 e. The first-order valence-electron chi connectivity index (χ1n) is 9.31. The van der Waals surface area contributed by atoms with Crippen LogP contribution >= 0.6 is 0 Å². The Morgan fingerprint density at radius 2 is 1.23 bits per heavy atom. The third-order valence-electron chi connectivity index (χ3n) is 5.46. The normalized spacial score (nSPS) is 24.6. The van der Waals surface area contributed by atoms with E-state index < -0.39 is 20.0 Å². The van der Waals surface area contributed by atoms with Gasteiger partial charge < -0.3 is 0 Å². The lowest BCUT2D eigenvalue weighted by Gasteiger charge is -2.30. The summed E-state index contributed by atoms with van der Waals surface area (Å²) in [4.78, 5) is 0.329. The van der Waals surface area contributed by atoms with Gasteiger partial charge in [-0.1, -0.05) is 13.8 Å². The summed E-state index contributed by atoms with van der Waals surface area (Å²) in [6, 6.07) is 5.70. The van der Waals surface area contributed by atoms with Crippen molar-refractivity contribution in [3.63, 3.8) is 0 Å². The van der Waals surface area contributed by atoms with Crippen molar-refractivity contribution < 1.29 is 16.8 Å². The van der Waals surface area contributed by atoms with Crippen LogP contribution in [0.3, 0.4) is 0 Å². The molecule has 2 saturated heterocycles. The Bertz CT molecular complexity index is 826. The van der Waals surface area contributed by atoms with Crippen molar-refractivity contribution in [2.45, 2.75) is 49.3 Å². The van der Waals surface area contributed by atoms with Gasteiger partial charge in [0, 0.05) is 26.2 Å². The first-order valence-corrected chi connectivity index (χ1v) is 12.2. The van der Waals surface area contributed by atoms with E-state index in [-0.39, 0.29) is 9.79 Å². The minimum atomic E-state index is -3.56. The van der Waals surface area contributed by atoms with E-state index in [0.29, 0.717) is 38.0 Å².